The summed E-state index contributed by atoms with van der Waals surface area (Å²) < 4.78 is 5.08. The van der Waals surface area contributed by atoms with Crippen molar-refractivity contribution in [2.45, 2.75) is 18.8 Å². The van der Waals surface area contributed by atoms with Crippen molar-refractivity contribution in [3.05, 3.63) is 57.0 Å². The summed E-state index contributed by atoms with van der Waals surface area (Å²) in [6, 6.07) is 5.58. The molecule has 7 heteroatoms. The Balaban J connectivity index is 2.07. The lowest BCUT2D eigenvalue weighted by Gasteiger charge is -2.02. The summed E-state index contributed by atoms with van der Waals surface area (Å²) in [6.07, 6.45) is 3.13. The van der Waals surface area contributed by atoms with E-state index in [1.165, 1.54) is 18.3 Å². The van der Waals surface area contributed by atoms with E-state index in [9.17, 15) is 14.9 Å². The minimum absolute atomic E-state index is 0.0656. The zero-order valence-electron chi connectivity index (χ0n) is 10.8. The number of benzene rings is 1. The normalized spacial score (nSPS) is 13.7. The zero-order chi connectivity index (χ0) is 15.0. The fraction of sp³-hybridized carbons (Fsp3) is 0.214. The Morgan fingerprint density at radius 3 is 2.81 bits per heavy atom. The number of ketones is 1. The van der Waals surface area contributed by atoms with E-state index in [1.54, 1.807) is 0 Å². The molecule has 1 aromatic carbocycles. The van der Waals surface area contributed by atoms with Crippen LogP contribution in [0.4, 0.5) is 5.69 Å². The number of nitrogens with zero attached hydrogens (tertiary/aromatic N) is 3. The molecular weight excluding hydrogens is 274 g/mol. The minimum atomic E-state index is -0.668. The van der Waals surface area contributed by atoms with Gasteiger partial charge in [-0.2, -0.15) is 5.26 Å². The Morgan fingerprint density at radius 1 is 1.43 bits per heavy atom. The topological polar surface area (TPSA) is 110 Å². The second-order valence-corrected chi connectivity index (χ2v) is 4.81. The highest BCUT2D eigenvalue weighted by Gasteiger charge is 2.34. The first-order valence-corrected chi connectivity index (χ1v) is 6.29. The first-order valence-electron chi connectivity index (χ1n) is 6.29. The average molecular weight is 283 g/mol. The number of nitriles is 1. The summed E-state index contributed by atoms with van der Waals surface area (Å²) in [5, 5.41) is 23.5. The number of aromatic nitrogens is 1. The van der Waals surface area contributed by atoms with Gasteiger partial charge in [0.05, 0.1) is 28.3 Å². The third-order valence-corrected chi connectivity index (χ3v) is 3.36. The van der Waals surface area contributed by atoms with Crippen molar-refractivity contribution in [3.63, 3.8) is 0 Å². The lowest BCUT2D eigenvalue weighted by molar-refractivity contribution is -0.385. The van der Waals surface area contributed by atoms with Crippen LogP contribution in [0.1, 0.15) is 46.0 Å². The van der Waals surface area contributed by atoms with Gasteiger partial charge < -0.3 is 4.52 Å². The predicted molar refractivity (Wildman–Crippen MR) is 69.7 cm³/mol. The first-order chi connectivity index (χ1) is 10.1. The third kappa shape index (κ3) is 2.27. The smallest absolute Gasteiger partial charge is 0.281 e. The number of rotatable bonds is 4. The highest BCUT2D eigenvalue weighted by Crippen LogP contribution is 2.42. The SMILES string of the molecule is N#Cc1ccc(C(=O)c2cnoc2C2CC2)c([N+](=O)[O-])c1. The maximum atomic E-state index is 12.5. The standard InChI is InChI=1S/C14H9N3O4/c15-6-8-1-4-10(12(5-8)17(19)20)13(18)11-7-16-21-14(11)9-2-3-9/h1,4-5,7,9H,2-3H2. The third-order valence-electron chi connectivity index (χ3n) is 3.36. The van der Waals surface area contributed by atoms with Crippen molar-refractivity contribution in [3.8, 4) is 6.07 Å². The molecule has 0 spiro atoms. The zero-order valence-corrected chi connectivity index (χ0v) is 10.8. The highest BCUT2D eigenvalue weighted by atomic mass is 16.6. The number of carbonyl (C=O) groups excluding carboxylic acids is 1. The van der Waals surface area contributed by atoms with Gasteiger partial charge in [0, 0.05) is 12.0 Å². The van der Waals surface area contributed by atoms with E-state index in [-0.39, 0.29) is 28.3 Å². The summed E-state index contributed by atoms with van der Waals surface area (Å²) in [7, 11) is 0. The Morgan fingerprint density at radius 2 is 2.19 bits per heavy atom. The molecule has 1 aliphatic carbocycles. The maximum Gasteiger partial charge on any atom is 0.281 e. The molecule has 104 valence electrons. The van der Waals surface area contributed by atoms with Gasteiger partial charge in [-0.3, -0.25) is 14.9 Å². The van der Waals surface area contributed by atoms with Crippen LogP contribution in [0.2, 0.25) is 0 Å². The van der Waals surface area contributed by atoms with Crippen LogP contribution in [0.15, 0.2) is 28.9 Å². The van der Waals surface area contributed by atoms with Crippen molar-refractivity contribution < 1.29 is 14.2 Å². The first kappa shape index (κ1) is 13.0. The van der Waals surface area contributed by atoms with Crippen molar-refractivity contribution in [2.24, 2.45) is 0 Å². The quantitative estimate of drug-likeness (QED) is 0.484. The molecule has 0 saturated heterocycles. The van der Waals surface area contributed by atoms with Gasteiger partial charge >= 0.3 is 0 Å². The molecule has 3 rings (SSSR count). The summed E-state index contributed by atoms with van der Waals surface area (Å²) >= 11 is 0. The Labute approximate surface area is 118 Å². The molecule has 1 heterocycles. The van der Waals surface area contributed by atoms with Crippen LogP contribution in [0.3, 0.4) is 0 Å². The molecule has 0 atom stereocenters. The van der Waals surface area contributed by atoms with Crippen molar-refractivity contribution in [1.82, 2.24) is 5.16 Å². The molecule has 1 saturated carbocycles. The Hall–Kier alpha value is -3.01. The van der Waals surface area contributed by atoms with Crippen molar-refractivity contribution in [2.75, 3.05) is 0 Å². The van der Waals surface area contributed by atoms with Crippen LogP contribution in [0.5, 0.6) is 0 Å². The molecule has 0 N–H and O–H groups in total. The van der Waals surface area contributed by atoms with Crippen molar-refractivity contribution in [1.29, 1.82) is 5.26 Å². The van der Waals surface area contributed by atoms with E-state index in [4.69, 9.17) is 9.78 Å². The van der Waals surface area contributed by atoms with Crippen LogP contribution in [0, 0.1) is 21.4 Å². The number of hydrogen-bond acceptors (Lipinski definition) is 6. The van der Waals surface area contributed by atoms with Gasteiger partial charge in [-0.1, -0.05) is 5.16 Å². The van der Waals surface area contributed by atoms with Gasteiger partial charge in [-0.15, -0.1) is 0 Å². The minimum Gasteiger partial charge on any atom is -0.360 e. The van der Waals surface area contributed by atoms with Gasteiger partial charge in [-0.05, 0) is 25.0 Å². The van der Waals surface area contributed by atoms with E-state index >= 15 is 0 Å². The van der Waals surface area contributed by atoms with Gasteiger partial charge in [0.25, 0.3) is 5.69 Å². The van der Waals surface area contributed by atoms with E-state index < -0.39 is 10.7 Å². The fourth-order valence-corrected chi connectivity index (χ4v) is 2.15. The average Bonchev–Trinajstić information content (AvgIpc) is 3.23. The van der Waals surface area contributed by atoms with E-state index in [0.29, 0.717) is 5.76 Å². The monoisotopic (exact) mass is 283 g/mol. The van der Waals surface area contributed by atoms with Gasteiger partial charge in [0.1, 0.15) is 5.56 Å². The van der Waals surface area contributed by atoms with Crippen LogP contribution in [-0.2, 0) is 0 Å². The fourth-order valence-electron chi connectivity index (χ4n) is 2.15. The summed E-state index contributed by atoms with van der Waals surface area (Å²) in [5.41, 5.74) is -0.0672. The number of nitro benzene ring substituents is 1. The molecule has 0 aliphatic heterocycles. The summed E-state index contributed by atoms with van der Waals surface area (Å²) in [4.78, 5) is 22.9. The maximum absolute atomic E-state index is 12.5. The molecule has 0 bridgehead atoms. The molecule has 2 aromatic rings. The summed E-state index contributed by atoms with van der Waals surface area (Å²) in [6.45, 7) is 0. The number of nitro groups is 1. The molecule has 0 radical (unpaired) electrons. The highest BCUT2D eigenvalue weighted by molar-refractivity contribution is 6.12. The van der Waals surface area contributed by atoms with E-state index in [1.807, 2.05) is 6.07 Å². The van der Waals surface area contributed by atoms with Gasteiger partial charge in [-0.25, -0.2) is 0 Å². The lowest BCUT2D eigenvalue weighted by Crippen LogP contribution is -2.07. The Kier molecular flexibility index (Phi) is 2.99. The number of carbonyl (C=O) groups is 1. The molecule has 0 unspecified atom stereocenters. The number of hydrogen-bond donors (Lipinski definition) is 0. The molecule has 21 heavy (non-hydrogen) atoms. The molecule has 7 nitrogen and oxygen atoms in total. The van der Waals surface area contributed by atoms with Gasteiger partial charge in [0.15, 0.2) is 5.76 Å². The van der Waals surface area contributed by atoms with Crippen molar-refractivity contribution >= 4 is 11.5 Å². The van der Waals surface area contributed by atoms with E-state index in [0.717, 1.165) is 18.9 Å². The largest absolute Gasteiger partial charge is 0.360 e. The Bertz CT molecular complexity index is 784. The second kappa shape index (κ2) is 4.83. The van der Waals surface area contributed by atoms with E-state index in [2.05, 4.69) is 5.16 Å². The second-order valence-electron chi connectivity index (χ2n) is 4.81. The van der Waals surface area contributed by atoms with Crippen LogP contribution in [-0.4, -0.2) is 15.9 Å². The van der Waals surface area contributed by atoms with Crippen LogP contribution >= 0.6 is 0 Å². The molecule has 0 amide bonds. The summed E-state index contributed by atoms with van der Waals surface area (Å²) in [5.74, 6) is 0.150. The van der Waals surface area contributed by atoms with Gasteiger partial charge in [0.2, 0.25) is 5.78 Å². The molecular formula is C14H9N3O4. The molecule has 1 aliphatic rings. The van der Waals surface area contributed by atoms with Crippen LogP contribution < -0.4 is 0 Å². The lowest BCUT2D eigenvalue weighted by atomic mass is 10.00. The molecule has 1 aromatic heterocycles. The predicted octanol–water partition coefficient (Wildman–Crippen LogP) is 2.56. The van der Waals surface area contributed by atoms with Crippen LogP contribution in [0.25, 0.3) is 0 Å². The molecule has 1 fully saturated rings.